The minimum Gasteiger partial charge on any atom is -0.496 e. The number of aryl methyl sites for hydroxylation is 1. The molecule has 6 rings (SSSR count). The summed E-state index contributed by atoms with van der Waals surface area (Å²) in [5.74, 6) is 0.248. The molecule has 1 atom stereocenters. The molecule has 1 N–H and O–H groups in total. The van der Waals surface area contributed by atoms with Crippen LogP contribution in [0.3, 0.4) is 0 Å². The Hall–Kier alpha value is -3.88. The fraction of sp³-hybridized carbons (Fsp3) is 0.214. The number of carbonyl (C=O) groups is 2. The number of amides is 2. The molecule has 0 radical (unpaired) electrons. The summed E-state index contributed by atoms with van der Waals surface area (Å²) in [5, 5.41) is 3.89. The lowest BCUT2D eigenvalue weighted by atomic mass is 9.86. The monoisotopic (exact) mass is 547 g/mol. The molecular formula is C28H23Cl2N5O3. The number of nitrogens with one attached hydrogen (secondary N) is 1. The van der Waals surface area contributed by atoms with Gasteiger partial charge < -0.3 is 14.6 Å². The third kappa shape index (κ3) is 3.17. The maximum absolute atomic E-state index is 14.4. The zero-order valence-electron chi connectivity index (χ0n) is 21.0. The van der Waals surface area contributed by atoms with E-state index in [1.165, 1.54) is 4.90 Å². The van der Waals surface area contributed by atoms with E-state index in [1.54, 1.807) is 55.9 Å². The quantitative estimate of drug-likeness (QED) is 0.338. The molecule has 0 aliphatic carbocycles. The number of hydrogen-bond acceptors (Lipinski definition) is 5. The van der Waals surface area contributed by atoms with Crippen molar-refractivity contribution in [2.45, 2.75) is 32.4 Å². The van der Waals surface area contributed by atoms with Crippen molar-refractivity contribution in [1.29, 1.82) is 0 Å². The van der Waals surface area contributed by atoms with Gasteiger partial charge in [0.15, 0.2) is 11.2 Å². The largest absolute Gasteiger partial charge is 0.496 e. The Morgan fingerprint density at radius 2 is 1.79 bits per heavy atom. The van der Waals surface area contributed by atoms with E-state index in [2.05, 4.69) is 10.3 Å². The first-order valence-corrected chi connectivity index (χ1v) is 12.8. The van der Waals surface area contributed by atoms with Crippen molar-refractivity contribution in [3.05, 3.63) is 87.4 Å². The molecule has 2 aliphatic heterocycles. The molecule has 2 aromatic carbocycles. The van der Waals surface area contributed by atoms with E-state index >= 15 is 0 Å². The lowest BCUT2D eigenvalue weighted by molar-refractivity contribution is -0.119. The van der Waals surface area contributed by atoms with Crippen molar-refractivity contribution in [1.82, 2.24) is 14.5 Å². The van der Waals surface area contributed by atoms with Crippen LogP contribution in [0.5, 0.6) is 5.75 Å². The summed E-state index contributed by atoms with van der Waals surface area (Å²) in [5.41, 5.74) is 2.15. The number of imidazole rings is 1. The molecule has 2 aromatic heterocycles. The van der Waals surface area contributed by atoms with Crippen LogP contribution >= 0.6 is 23.2 Å². The number of nitrogens with zero attached hydrogens (tertiary/aromatic N) is 4. The molecule has 1 spiro atoms. The van der Waals surface area contributed by atoms with Crippen molar-refractivity contribution in [2.75, 3.05) is 17.3 Å². The highest BCUT2D eigenvalue weighted by Crippen LogP contribution is 2.55. The van der Waals surface area contributed by atoms with Crippen LogP contribution in [-0.4, -0.2) is 33.5 Å². The van der Waals surface area contributed by atoms with Crippen LogP contribution in [0.1, 0.15) is 47.2 Å². The second kappa shape index (κ2) is 8.58. The van der Waals surface area contributed by atoms with E-state index in [0.29, 0.717) is 49.8 Å². The highest BCUT2D eigenvalue weighted by atomic mass is 35.5. The number of hydrogen-bond donors (Lipinski definition) is 1. The fourth-order valence-electron chi connectivity index (χ4n) is 5.55. The molecule has 4 heterocycles. The average Bonchev–Trinajstić information content (AvgIpc) is 3.49. The Balaban J connectivity index is 1.75. The van der Waals surface area contributed by atoms with Gasteiger partial charge in [0, 0.05) is 39.7 Å². The Kier molecular flexibility index (Phi) is 5.52. The predicted octanol–water partition coefficient (Wildman–Crippen LogP) is 6.01. The molecule has 0 saturated carbocycles. The highest BCUT2D eigenvalue weighted by molar-refractivity contribution is 6.32. The molecule has 4 aromatic rings. The number of anilines is 2. The number of benzene rings is 2. The summed E-state index contributed by atoms with van der Waals surface area (Å²) >= 11 is 12.7. The van der Waals surface area contributed by atoms with Crippen LogP contribution in [0.2, 0.25) is 10.0 Å². The van der Waals surface area contributed by atoms with E-state index in [0.717, 1.165) is 5.56 Å². The number of ether oxygens (including phenoxy) is 1. The minimum absolute atomic E-state index is 0.178. The van der Waals surface area contributed by atoms with Gasteiger partial charge in [0.25, 0.3) is 11.8 Å². The fourth-order valence-corrected chi connectivity index (χ4v) is 5.89. The van der Waals surface area contributed by atoms with Gasteiger partial charge in [0.05, 0.1) is 24.1 Å². The molecule has 2 amide bonds. The maximum Gasteiger partial charge on any atom is 0.280 e. The summed E-state index contributed by atoms with van der Waals surface area (Å²) in [4.78, 5) is 39.3. The van der Waals surface area contributed by atoms with Gasteiger partial charge in [-0.2, -0.15) is 0 Å². The number of methoxy groups -OCH3 is 1. The number of carbonyl (C=O) groups excluding carboxylic acids is 2. The molecule has 0 bridgehead atoms. The zero-order chi connectivity index (χ0) is 26.9. The number of aromatic nitrogens is 3. The van der Waals surface area contributed by atoms with E-state index < -0.39 is 11.4 Å². The number of fused-ring (bicyclic) bond motifs is 4. The van der Waals surface area contributed by atoms with Gasteiger partial charge in [-0.1, -0.05) is 35.3 Å². The first-order chi connectivity index (χ1) is 18.2. The molecule has 8 nitrogen and oxygen atoms in total. The summed E-state index contributed by atoms with van der Waals surface area (Å²) < 4.78 is 7.52. The molecule has 38 heavy (non-hydrogen) atoms. The average molecular weight is 548 g/mol. The Labute approximate surface area is 229 Å². The van der Waals surface area contributed by atoms with Crippen LogP contribution in [0, 0.1) is 6.92 Å². The van der Waals surface area contributed by atoms with Crippen LogP contribution in [0.4, 0.5) is 11.4 Å². The van der Waals surface area contributed by atoms with Gasteiger partial charge in [-0.05, 0) is 56.7 Å². The van der Waals surface area contributed by atoms with Crippen molar-refractivity contribution in [3.8, 4) is 17.1 Å². The Morgan fingerprint density at radius 1 is 1.05 bits per heavy atom. The molecule has 2 aliphatic rings. The van der Waals surface area contributed by atoms with Gasteiger partial charge in [0.1, 0.15) is 11.6 Å². The van der Waals surface area contributed by atoms with Gasteiger partial charge in [-0.25, -0.2) is 4.98 Å². The first-order valence-electron chi connectivity index (χ1n) is 12.0. The van der Waals surface area contributed by atoms with Gasteiger partial charge in [-0.15, -0.1) is 0 Å². The van der Waals surface area contributed by atoms with Crippen LogP contribution < -0.4 is 15.0 Å². The number of halogens is 2. The molecule has 0 saturated heterocycles. The van der Waals surface area contributed by atoms with Gasteiger partial charge in [0.2, 0.25) is 0 Å². The second-order valence-electron chi connectivity index (χ2n) is 9.60. The van der Waals surface area contributed by atoms with E-state index in [1.807, 2.05) is 31.4 Å². The van der Waals surface area contributed by atoms with Gasteiger partial charge >= 0.3 is 0 Å². The predicted molar refractivity (Wildman–Crippen MR) is 146 cm³/mol. The Bertz CT molecular complexity index is 1660. The van der Waals surface area contributed by atoms with Crippen molar-refractivity contribution < 1.29 is 14.3 Å². The van der Waals surface area contributed by atoms with E-state index in [-0.39, 0.29) is 17.6 Å². The third-order valence-corrected chi connectivity index (χ3v) is 7.58. The maximum atomic E-state index is 14.4. The summed E-state index contributed by atoms with van der Waals surface area (Å²) in [6.07, 6.45) is 3.27. The summed E-state index contributed by atoms with van der Waals surface area (Å²) in [6.45, 7) is 5.84. The van der Waals surface area contributed by atoms with Crippen LogP contribution in [-0.2, 0) is 10.3 Å². The zero-order valence-corrected chi connectivity index (χ0v) is 22.6. The van der Waals surface area contributed by atoms with Crippen LogP contribution in [0.25, 0.3) is 11.4 Å². The molecule has 10 heteroatoms. The molecule has 0 unspecified atom stereocenters. The van der Waals surface area contributed by atoms with E-state index in [4.69, 9.17) is 32.9 Å². The van der Waals surface area contributed by atoms with E-state index in [9.17, 15) is 9.59 Å². The second-order valence-corrected chi connectivity index (χ2v) is 10.5. The summed E-state index contributed by atoms with van der Waals surface area (Å²) in [7, 11) is 1.57. The lowest BCUT2D eigenvalue weighted by Crippen LogP contribution is -2.51. The Morgan fingerprint density at radius 3 is 2.53 bits per heavy atom. The van der Waals surface area contributed by atoms with Gasteiger partial charge in [-0.3, -0.25) is 19.5 Å². The highest BCUT2D eigenvalue weighted by Gasteiger charge is 2.64. The minimum atomic E-state index is -1.55. The standard InChI is InChI=1S/C28H23Cl2N5O3/c1-14(2)34-24-23(33-25(34)18-13-31-10-9-22(18)38-4)26(36)35(21-12-17(30)6-5-15(21)3)28(24)19-8-7-16(29)11-20(19)32-27(28)37/h5-14H,1-4H3,(H,32,37)/t28-/m1/s1. The lowest BCUT2D eigenvalue weighted by Gasteiger charge is -2.36. The SMILES string of the molecule is COc1ccncc1-c1nc2c(n1C(C)C)[C@]1(C(=O)Nc3cc(Cl)ccc31)N(c1cc(Cl)ccc1C)C2=O. The van der Waals surface area contributed by atoms with Crippen molar-refractivity contribution >= 4 is 46.4 Å². The topological polar surface area (TPSA) is 89.3 Å². The van der Waals surface area contributed by atoms with Crippen LogP contribution in [0.15, 0.2) is 54.9 Å². The van der Waals surface area contributed by atoms with Crippen molar-refractivity contribution in [3.63, 3.8) is 0 Å². The molecule has 0 fully saturated rings. The molecular weight excluding hydrogens is 525 g/mol. The first kappa shape index (κ1) is 24.5. The number of rotatable bonds is 4. The smallest absolute Gasteiger partial charge is 0.280 e. The molecule has 192 valence electrons. The summed E-state index contributed by atoms with van der Waals surface area (Å²) in [6, 6.07) is 12.0. The number of pyridine rings is 1. The normalized spacial score (nSPS) is 17.8. The third-order valence-electron chi connectivity index (χ3n) is 7.11. The van der Waals surface area contributed by atoms with Crippen molar-refractivity contribution in [2.24, 2.45) is 0 Å².